The molecule has 1 fully saturated rings. The van der Waals surface area contributed by atoms with Crippen molar-refractivity contribution in [2.24, 2.45) is 5.92 Å². The molecule has 0 bridgehead atoms. The van der Waals surface area contributed by atoms with Gasteiger partial charge in [-0.15, -0.1) is 0 Å². The first-order valence-corrected chi connectivity index (χ1v) is 7.41. The average molecular weight is 257 g/mol. The zero-order valence-electron chi connectivity index (χ0n) is 12.0. The summed E-state index contributed by atoms with van der Waals surface area (Å²) in [6, 6.07) is 4.24. The van der Waals surface area contributed by atoms with Gasteiger partial charge in [0.1, 0.15) is 5.65 Å². The third-order valence-electron chi connectivity index (χ3n) is 4.30. The van der Waals surface area contributed by atoms with E-state index < -0.39 is 0 Å². The first-order valence-electron chi connectivity index (χ1n) is 7.41. The number of hydrogen-bond acceptors (Lipinski definition) is 2. The van der Waals surface area contributed by atoms with Gasteiger partial charge in [-0.05, 0) is 63.4 Å². The molecule has 0 radical (unpaired) electrons. The van der Waals surface area contributed by atoms with Crippen molar-refractivity contribution in [3.63, 3.8) is 0 Å². The van der Waals surface area contributed by atoms with Gasteiger partial charge in [-0.3, -0.25) is 0 Å². The van der Waals surface area contributed by atoms with Crippen LogP contribution in [0.25, 0.3) is 5.65 Å². The lowest BCUT2D eigenvalue weighted by Crippen LogP contribution is -2.34. The molecule has 0 spiro atoms. The second kappa shape index (κ2) is 5.33. The zero-order valence-corrected chi connectivity index (χ0v) is 12.0. The average Bonchev–Trinajstić information content (AvgIpc) is 2.81. The van der Waals surface area contributed by atoms with Crippen LogP contribution >= 0.6 is 0 Å². The summed E-state index contributed by atoms with van der Waals surface area (Å²) in [5, 5.41) is 0. The summed E-state index contributed by atoms with van der Waals surface area (Å²) in [6.07, 6.45) is 8.14. The molecule has 0 aliphatic carbocycles. The highest BCUT2D eigenvalue weighted by Crippen LogP contribution is 2.21. The summed E-state index contributed by atoms with van der Waals surface area (Å²) >= 11 is 0. The minimum atomic E-state index is 0.814. The third kappa shape index (κ3) is 2.81. The van der Waals surface area contributed by atoms with Crippen LogP contribution in [-0.4, -0.2) is 33.9 Å². The lowest BCUT2D eigenvalue weighted by molar-refractivity contribution is 0.191. The zero-order chi connectivity index (χ0) is 13.2. The van der Waals surface area contributed by atoms with E-state index in [0.717, 1.165) is 18.0 Å². The Bertz CT molecular complexity index is 550. The van der Waals surface area contributed by atoms with Gasteiger partial charge in [-0.2, -0.15) is 0 Å². The van der Waals surface area contributed by atoms with Crippen molar-refractivity contribution < 1.29 is 0 Å². The van der Waals surface area contributed by atoms with Gasteiger partial charge in [0.25, 0.3) is 0 Å². The van der Waals surface area contributed by atoms with Crippen LogP contribution in [0.4, 0.5) is 0 Å². The molecule has 0 amide bonds. The van der Waals surface area contributed by atoms with Crippen LogP contribution in [0.15, 0.2) is 24.5 Å². The van der Waals surface area contributed by atoms with Crippen molar-refractivity contribution in [3.05, 3.63) is 35.8 Å². The van der Waals surface area contributed by atoms with Gasteiger partial charge in [0, 0.05) is 12.4 Å². The molecule has 0 saturated carbocycles. The molecule has 0 atom stereocenters. The molecule has 3 heteroatoms. The minimum absolute atomic E-state index is 0.814. The van der Waals surface area contributed by atoms with Crippen LogP contribution in [-0.2, 0) is 6.42 Å². The van der Waals surface area contributed by atoms with Crippen LogP contribution in [0.2, 0.25) is 0 Å². The Labute approximate surface area is 115 Å². The smallest absolute Gasteiger partial charge is 0.136 e. The number of likely N-dealkylation sites (tertiary alicyclic amines) is 1. The molecule has 19 heavy (non-hydrogen) atoms. The van der Waals surface area contributed by atoms with Crippen LogP contribution < -0.4 is 0 Å². The van der Waals surface area contributed by atoms with Crippen molar-refractivity contribution in [2.75, 3.05) is 19.6 Å². The molecular weight excluding hydrogens is 234 g/mol. The normalized spacial score (nSPS) is 18.2. The fraction of sp³-hybridized carbons (Fsp3) is 0.562. The fourth-order valence-corrected chi connectivity index (χ4v) is 3.06. The van der Waals surface area contributed by atoms with E-state index in [1.807, 2.05) is 0 Å². The maximum absolute atomic E-state index is 4.74. The van der Waals surface area contributed by atoms with E-state index in [1.165, 1.54) is 43.7 Å². The van der Waals surface area contributed by atoms with Crippen molar-refractivity contribution in [2.45, 2.75) is 33.1 Å². The van der Waals surface area contributed by atoms with Gasteiger partial charge < -0.3 is 9.30 Å². The predicted octanol–water partition coefficient (Wildman–Crippen LogP) is 2.92. The molecule has 0 N–H and O–H groups in total. The van der Waals surface area contributed by atoms with Gasteiger partial charge in [0.15, 0.2) is 0 Å². The Kier molecular flexibility index (Phi) is 3.56. The Morgan fingerprint density at radius 3 is 2.74 bits per heavy atom. The highest BCUT2D eigenvalue weighted by molar-refractivity contribution is 5.41. The summed E-state index contributed by atoms with van der Waals surface area (Å²) in [5.74, 6) is 0.814. The molecule has 3 heterocycles. The number of nitrogens with zero attached hydrogens (tertiary/aromatic N) is 3. The quantitative estimate of drug-likeness (QED) is 0.842. The lowest BCUT2D eigenvalue weighted by Gasteiger charge is -2.30. The molecule has 102 valence electrons. The SMILES string of the molecule is CCN1CCC(Cc2cn3cc(C)ccc3n2)CC1. The topological polar surface area (TPSA) is 20.5 Å². The van der Waals surface area contributed by atoms with E-state index in [4.69, 9.17) is 4.98 Å². The minimum Gasteiger partial charge on any atom is -0.307 e. The fourth-order valence-electron chi connectivity index (χ4n) is 3.06. The Hall–Kier alpha value is -1.35. The Morgan fingerprint density at radius 2 is 2.00 bits per heavy atom. The third-order valence-corrected chi connectivity index (χ3v) is 4.30. The van der Waals surface area contributed by atoms with Crippen molar-refractivity contribution in [1.82, 2.24) is 14.3 Å². The van der Waals surface area contributed by atoms with Crippen LogP contribution in [0, 0.1) is 12.8 Å². The van der Waals surface area contributed by atoms with E-state index in [0.29, 0.717) is 0 Å². The number of piperidine rings is 1. The predicted molar refractivity (Wildman–Crippen MR) is 78.5 cm³/mol. The summed E-state index contributed by atoms with van der Waals surface area (Å²) in [6.45, 7) is 8.09. The molecule has 3 rings (SSSR count). The standard InChI is InChI=1S/C16H23N3/c1-3-18-8-6-14(7-9-18)10-15-12-19-11-13(2)4-5-16(19)17-15/h4-5,11-12,14H,3,6-10H2,1-2H3. The van der Waals surface area contributed by atoms with E-state index in [2.05, 4.69) is 47.7 Å². The van der Waals surface area contributed by atoms with Crippen molar-refractivity contribution in [1.29, 1.82) is 0 Å². The molecule has 1 saturated heterocycles. The number of imidazole rings is 1. The summed E-state index contributed by atoms with van der Waals surface area (Å²) < 4.78 is 2.16. The van der Waals surface area contributed by atoms with Crippen LogP contribution in [0.1, 0.15) is 31.0 Å². The largest absolute Gasteiger partial charge is 0.307 e. The number of rotatable bonds is 3. The molecule has 0 unspecified atom stereocenters. The van der Waals surface area contributed by atoms with Gasteiger partial charge in [0.05, 0.1) is 5.69 Å². The van der Waals surface area contributed by atoms with Gasteiger partial charge in [-0.25, -0.2) is 4.98 Å². The summed E-state index contributed by atoms with van der Waals surface area (Å²) in [7, 11) is 0. The maximum Gasteiger partial charge on any atom is 0.136 e. The Morgan fingerprint density at radius 1 is 1.21 bits per heavy atom. The monoisotopic (exact) mass is 257 g/mol. The number of aromatic nitrogens is 2. The van der Waals surface area contributed by atoms with Crippen molar-refractivity contribution in [3.8, 4) is 0 Å². The number of fused-ring (bicyclic) bond motifs is 1. The first kappa shape index (κ1) is 12.7. The second-order valence-electron chi connectivity index (χ2n) is 5.79. The number of pyridine rings is 1. The molecule has 2 aromatic rings. The summed E-state index contributed by atoms with van der Waals surface area (Å²) in [5.41, 5.74) is 3.61. The molecule has 3 nitrogen and oxygen atoms in total. The lowest BCUT2D eigenvalue weighted by atomic mass is 9.92. The first-order chi connectivity index (χ1) is 9.24. The van der Waals surface area contributed by atoms with E-state index in [1.54, 1.807) is 0 Å². The van der Waals surface area contributed by atoms with Gasteiger partial charge in [-0.1, -0.05) is 13.0 Å². The number of hydrogen-bond donors (Lipinski definition) is 0. The summed E-state index contributed by atoms with van der Waals surface area (Å²) in [4.78, 5) is 7.28. The van der Waals surface area contributed by atoms with Gasteiger partial charge >= 0.3 is 0 Å². The number of aryl methyl sites for hydroxylation is 1. The Balaban J connectivity index is 1.68. The van der Waals surface area contributed by atoms with Crippen LogP contribution in [0.5, 0.6) is 0 Å². The van der Waals surface area contributed by atoms with E-state index >= 15 is 0 Å². The molecule has 0 aromatic carbocycles. The highest BCUT2D eigenvalue weighted by atomic mass is 15.1. The highest BCUT2D eigenvalue weighted by Gasteiger charge is 2.19. The van der Waals surface area contributed by atoms with Crippen molar-refractivity contribution >= 4 is 5.65 Å². The molecule has 1 aliphatic heterocycles. The van der Waals surface area contributed by atoms with E-state index in [-0.39, 0.29) is 0 Å². The maximum atomic E-state index is 4.74. The van der Waals surface area contributed by atoms with Gasteiger partial charge in [0.2, 0.25) is 0 Å². The molecular formula is C16H23N3. The van der Waals surface area contributed by atoms with E-state index in [9.17, 15) is 0 Å². The van der Waals surface area contributed by atoms with Crippen LogP contribution in [0.3, 0.4) is 0 Å². The second-order valence-corrected chi connectivity index (χ2v) is 5.79. The molecule has 1 aliphatic rings. The molecule has 2 aromatic heterocycles.